The Morgan fingerprint density at radius 2 is 2.09 bits per heavy atom. The summed E-state index contributed by atoms with van der Waals surface area (Å²) in [5.74, 6) is -0.120. The third-order valence-electron chi connectivity index (χ3n) is 3.05. The van der Waals surface area contributed by atoms with E-state index in [0.717, 1.165) is 0 Å². The smallest absolute Gasteiger partial charge is 0.255 e. The monoisotopic (exact) mass is 298 g/mol. The average Bonchev–Trinajstić information content (AvgIpc) is 3.05. The van der Waals surface area contributed by atoms with Crippen LogP contribution >= 0.6 is 0 Å². The first-order chi connectivity index (χ1) is 10.6. The van der Waals surface area contributed by atoms with Gasteiger partial charge in [0, 0.05) is 13.2 Å². The van der Waals surface area contributed by atoms with E-state index in [1.807, 2.05) is 18.2 Å². The SMILES string of the molecule is Cn1cc(CC(=O)NC2=NN(c3ccccc3)C(=O)C2)nn1. The van der Waals surface area contributed by atoms with Crippen LogP contribution in [0.4, 0.5) is 5.69 Å². The molecule has 1 aliphatic rings. The van der Waals surface area contributed by atoms with E-state index < -0.39 is 0 Å². The highest BCUT2D eigenvalue weighted by atomic mass is 16.2. The molecule has 0 spiro atoms. The maximum Gasteiger partial charge on any atom is 0.255 e. The summed E-state index contributed by atoms with van der Waals surface area (Å²) in [6.45, 7) is 0. The molecule has 2 aromatic rings. The zero-order valence-electron chi connectivity index (χ0n) is 11.9. The van der Waals surface area contributed by atoms with E-state index >= 15 is 0 Å². The number of amidine groups is 1. The van der Waals surface area contributed by atoms with Gasteiger partial charge < -0.3 is 5.32 Å². The van der Waals surface area contributed by atoms with Gasteiger partial charge in [-0.25, -0.2) is 0 Å². The lowest BCUT2D eigenvalue weighted by molar-refractivity contribution is -0.119. The summed E-state index contributed by atoms with van der Waals surface area (Å²) < 4.78 is 1.52. The van der Waals surface area contributed by atoms with Crippen molar-refractivity contribution in [2.75, 3.05) is 5.01 Å². The molecule has 112 valence electrons. The van der Waals surface area contributed by atoms with Crippen LogP contribution in [-0.4, -0.2) is 32.6 Å². The van der Waals surface area contributed by atoms with Crippen molar-refractivity contribution in [3.8, 4) is 0 Å². The first-order valence-electron chi connectivity index (χ1n) is 6.72. The van der Waals surface area contributed by atoms with E-state index in [9.17, 15) is 9.59 Å². The lowest BCUT2D eigenvalue weighted by atomic mass is 10.3. The Hall–Kier alpha value is -3.03. The van der Waals surface area contributed by atoms with Gasteiger partial charge in [0.15, 0.2) is 0 Å². The van der Waals surface area contributed by atoms with Crippen LogP contribution in [0.2, 0.25) is 0 Å². The lowest BCUT2D eigenvalue weighted by Gasteiger charge is -2.10. The van der Waals surface area contributed by atoms with Crippen LogP contribution in [0.25, 0.3) is 0 Å². The molecule has 0 unspecified atom stereocenters. The highest BCUT2D eigenvalue weighted by Gasteiger charge is 2.26. The Kier molecular flexibility index (Phi) is 3.65. The van der Waals surface area contributed by atoms with Crippen LogP contribution in [0.3, 0.4) is 0 Å². The first kappa shape index (κ1) is 13.9. The number of hydrogen-bond acceptors (Lipinski definition) is 5. The molecule has 2 amide bonds. The summed E-state index contributed by atoms with van der Waals surface area (Å²) in [6.07, 6.45) is 1.82. The molecule has 22 heavy (non-hydrogen) atoms. The maximum absolute atomic E-state index is 12.0. The van der Waals surface area contributed by atoms with Gasteiger partial charge in [0.05, 0.1) is 24.2 Å². The highest BCUT2D eigenvalue weighted by molar-refractivity contribution is 6.15. The summed E-state index contributed by atoms with van der Waals surface area (Å²) in [5.41, 5.74) is 1.23. The summed E-state index contributed by atoms with van der Waals surface area (Å²) in [4.78, 5) is 23.9. The standard InChI is InChI=1S/C14H14N6O2/c1-19-9-10(16-18-19)7-13(21)15-12-8-14(22)20(17-12)11-5-3-2-4-6-11/h2-6,9H,7-8H2,1H3,(H,15,17,21). The molecule has 0 radical (unpaired) electrons. The lowest BCUT2D eigenvalue weighted by Crippen LogP contribution is -2.31. The Morgan fingerprint density at radius 1 is 1.32 bits per heavy atom. The zero-order valence-corrected chi connectivity index (χ0v) is 11.9. The molecule has 2 heterocycles. The number of para-hydroxylation sites is 1. The van der Waals surface area contributed by atoms with Crippen LogP contribution in [0.1, 0.15) is 12.1 Å². The quantitative estimate of drug-likeness (QED) is 0.877. The summed E-state index contributed by atoms with van der Waals surface area (Å²) in [5, 5.41) is 15.7. The van der Waals surface area contributed by atoms with Crippen LogP contribution in [0, 0.1) is 0 Å². The molecule has 0 saturated carbocycles. The molecule has 1 aromatic heterocycles. The molecule has 1 aliphatic heterocycles. The van der Waals surface area contributed by atoms with Crippen molar-refractivity contribution in [3.63, 3.8) is 0 Å². The number of rotatable bonds is 3. The third-order valence-corrected chi connectivity index (χ3v) is 3.05. The van der Waals surface area contributed by atoms with E-state index in [0.29, 0.717) is 17.2 Å². The predicted molar refractivity (Wildman–Crippen MR) is 78.8 cm³/mol. The summed E-state index contributed by atoms with van der Waals surface area (Å²) >= 11 is 0. The van der Waals surface area contributed by atoms with E-state index in [1.54, 1.807) is 25.4 Å². The Morgan fingerprint density at radius 3 is 2.77 bits per heavy atom. The number of carbonyl (C=O) groups is 2. The van der Waals surface area contributed by atoms with E-state index in [4.69, 9.17) is 0 Å². The summed E-state index contributed by atoms with van der Waals surface area (Å²) in [7, 11) is 1.73. The predicted octanol–water partition coefficient (Wildman–Crippen LogP) is 0.224. The number of nitrogens with zero attached hydrogens (tertiary/aromatic N) is 5. The molecule has 1 N–H and O–H groups in total. The molecule has 0 aliphatic carbocycles. The number of aromatic nitrogens is 3. The van der Waals surface area contributed by atoms with Gasteiger partial charge in [0.2, 0.25) is 5.91 Å². The van der Waals surface area contributed by atoms with Gasteiger partial charge in [-0.3, -0.25) is 14.3 Å². The van der Waals surface area contributed by atoms with E-state index in [-0.39, 0.29) is 24.7 Å². The zero-order chi connectivity index (χ0) is 15.5. The normalized spacial score (nSPS) is 14.1. The molecule has 8 heteroatoms. The summed E-state index contributed by atoms with van der Waals surface area (Å²) in [6, 6.07) is 9.07. The van der Waals surface area contributed by atoms with Crippen LogP contribution in [0.5, 0.6) is 0 Å². The van der Waals surface area contributed by atoms with Crippen molar-refractivity contribution in [2.24, 2.45) is 12.1 Å². The fourth-order valence-corrected chi connectivity index (χ4v) is 2.12. The van der Waals surface area contributed by atoms with Gasteiger partial charge in [-0.05, 0) is 12.1 Å². The number of amides is 2. The Bertz CT molecular complexity index is 737. The Balaban J connectivity index is 1.65. The van der Waals surface area contributed by atoms with Crippen molar-refractivity contribution < 1.29 is 9.59 Å². The maximum atomic E-state index is 12.0. The van der Waals surface area contributed by atoms with Crippen molar-refractivity contribution in [2.45, 2.75) is 12.8 Å². The minimum absolute atomic E-state index is 0.0705. The van der Waals surface area contributed by atoms with Crippen LogP contribution < -0.4 is 10.3 Å². The fraction of sp³-hybridized carbons (Fsp3) is 0.214. The fourth-order valence-electron chi connectivity index (χ4n) is 2.12. The molecular weight excluding hydrogens is 284 g/mol. The second-order valence-corrected chi connectivity index (χ2v) is 4.87. The molecule has 1 aromatic carbocycles. The average molecular weight is 298 g/mol. The van der Waals surface area contributed by atoms with E-state index in [1.165, 1.54) is 9.69 Å². The number of benzene rings is 1. The molecule has 0 atom stereocenters. The minimum atomic E-state index is -0.276. The van der Waals surface area contributed by atoms with Crippen LogP contribution in [-0.2, 0) is 23.1 Å². The van der Waals surface area contributed by atoms with E-state index in [2.05, 4.69) is 20.7 Å². The molecule has 3 rings (SSSR count). The number of carbonyl (C=O) groups excluding carboxylic acids is 2. The van der Waals surface area contributed by atoms with Gasteiger partial charge >= 0.3 is 0 Å². The van der Waals surface area contributed by atoms with Gasteiger partial charge in [0.1, 0.15) is 5.84 Å². The van der Waals surface area contributed by atoms with Gasteiger partial charge in [0.25, 0.3) is 5.91 Å². The second-order valence-electron chi connectivity index (χ2n) is 4.87. The first-order valence-corrected chi connectivity index (χ1v) is 6.72. The van der Waals surface area contributed by atoms with Crippen molar-refractivity contribution >= 4 is 23.3 Å². The minimum Gasteiger partial charge on any atom is -0.312 e. The number of nitrogens with one attached hydrogen (secondary N) is 1. The molecule has 0 fully saturated rings. The van der Waals surface area contributed by atoms with Crippen molar-refractivity contribution in [3.05, 3.63) is 42.2 Å². The number of anilines is 1. The third kappa shape index (κ3) is 3.00. The van der Waals surface area contributed by atoms with Gasteiger partial charge in [-0.15, -0.1) is 5.10 Å². The van der Waals surface area contributed by atoms with Crippen molar-refractivity contribution in [1.82, 2.24) is 20.3 Å². The van der Waals surface area contributed by atoms with Crippen LogP contribution in [0.15, 0.2) is 41.6 Å². The topological polar surface area (TPSA) is 92.5 Å². The van der Waals surface area contributed by atoms with Gasteiger partial charge in [-0.2, -0.15) is 10.1 Å². The Labute approximate surface area is 126 Å². The molecular formula is C14H14N6O2. The van der Waals surface area contributed by atoms with Crippen molar-refractivity contribution in [1.29, 1.82) is 0 Å². The number of hydrazone groups is 1. The molecule has 0 bridgehead atoms. The molecule has 0 saturated heterocycles. The number of hydrogen-bond donors (Lipinski definition) is 1. The largest absolute Gasteiger partial charge is 0.312 e. The van der Waals surface area contributed by atoms with Gasteiger partial charge in [-0.1, -0.05) is 23.4 Å². The highest BCUT2D eigenvalue weighted by Crippen LogP contribution is 2.19. The number of aryl methyl sites for hydroxylation is 1. The molecule has 8 nitrogen and oxygen atoms in total. The second kappa shape index (κ2) is 5.76.